The molecule has 0 aromatic heterocycles. The second-order valence-electron chi connectivity index (χ2n) is 5.38. The average molecular weight is 258 g/mol. The summed E-state index contributed by atoms with van der Waals surface area (Å²) in [5.41, 5.74) is 7.07. The third kappa shape index (κ3) is 1.26. The lowest BCUT2D eigenvalue weighted by molar-refractivity contribution is -0.0532. The molecule has 4 atom stereocenters. The Morgan fingerprint density at radius 2 is 1.79 bits per heavy atom. The van der Waals surface area contributed by atoms with Gasteiger partial charge in [-0.25, -0.2) is 0 Å². The van der Waals surface area contributed by atoms with Crippen molar-refractivity contribution >= 4 is 11.8 Å². The molecule has 2 aliphatic heterocycles. The summed E-state index contributed by atoms with van der Waals surface area (Å²) in [5, 5.41) is 0. The highest BCUT2D eigenvalue weighted by atomic mass is 16.5. The first kappa shape index (κ1) is 11.1. The van der Waals surface area contributed by atoms with Gasteiger partial charge in [0.05, 0.1) is 23.3 Å². The van der Waals surface area contributed by atoms with Crippen molar-refractivity contribution in [2.45, 2.75) is 24.6 Å². The predicted molar refractivity (Wildman–Crippen MR) is 66.6 cm³/mol. The second-order valence-corrected chi connectivity index (χ2v) is 5.38. The number of carbonyl (C=O) groups excluding carboxylic acids is 2. The van der Waals surface area contributed by atoms with Crippen LogP contribution >= 0.6 is 0 Å². The number of carbonyl (C=O) groups is 2. The van der Waals surface area contributed by atoms with Crippen LogP contribution < -0.4 is 5.73 Å². The van der Waals surface area contributed by atoms with E-state index in [1.807, 2.05) is 0 Å². The van der Waals surface area contributed by atoms with Crippen LogP contribution in [0.3, 0.4) is 0 Å². The third-order valence-corrected chi connectivity index (χ3v) is 4.53. The maximum absolute atomic E-state index is 12.4. The Morgan fingerprint density at radius 1 is 1.16 bits per heavy atom. The molecule has 0 spiro atoms. The van der Waals surface area contributed by atoms with E-state index < -0.39 is 0 Å². The van der Waals surface area contributed by atoms with E-state index in [2.05, 4.69) is 0 Å². The van der Waals surface area contributed by atoms with Gasteiger partial charge in [-0.3, -0.25) is 14.5 Å². The highest BCUT2D eigenvalue weighted by Gasteiger charge is 2.58. The van der Waals surface area contributed by atoms with Crippen molar-refractivity contribution < 1.29 is 14.3 Å². The van der Waals surface area contributed by atoms with E-state index in [0.29, 0.717) is 17.7 Å². The molecular formula is C14H14N2O3. The van der Waals surface area contributed by atoms with E-state index in [9.17, 15) is 9.59 Å². The molecule has 1 saturated heterocycles. The molecule has 5 nitrogen and oxygen atoms in total. The molecule has 2 heterocycles. The molecule has 4 rings (SSSR count). The molecule has 0 radical (unpaired) electrons. The van der Waals surface area contributed by atoms with Gasteiger partial charge in [-0.1, -0.05) is 12.1 Å². The third-order valence-electron chi connectivity index (χ3n) is 4.53. The summed E-state index contributed by atoms with van der Waals surface area (Å²) >= 11 is 0. The van der Waals surface area contributed by atoms with E-state index >= 15 is 0 Å². The van der Waals surface area contributed by atoms with Crippen LogP contribution in [-0.2, 0) is 4.74 Å². The van der Waals surface area contributed by atoms with Gasteiger partial charge in [0, 0.05) is 18.6 Å². The minimum atomic E-state index is -0.306. The summed E-state index contributed by atoms with van der Waals surface area (Å²) < 4.78 is 5.62. The van der Waals surface area contributed by atoms with Crippen LogP contribution in [0.15, 0.2) is 24.3 Å². The fraction of sp³-hybridized carbons (Fsp3) is 0.429. The zero-order valence-corrected chi connectivity index (χ0v) is 10.3. The molecule has 2 amide bonds. The molecule has 2 fully saturated rings. The van der Waals surface area contributed by atoms with Gasteiger partial charge in [-0.2, -0.15) is 0 Å². The normalized spacial score (nSPS) is 36.2. The van der Waals surface area contributed by atoms with Crippen LogP contribution in [0.1, 0.15) is 27.1 Å². The fourth-order valence-corrected chi connectivity index (χ4v) is 3.52. The smallest absolute Gasteiger partial charge is 0.261 e. The van der Waals surface area contributed by atoms with Crippen molar-refractivity contribution in [3.63, 3.8) is 0 Å². The molecule has 1 aliphatic carbocycles. The number of rotatable bonds is 1. The van der Waals surface area contributed by atoms with Crippen molar-refractivity contribution in [2.75, 3.05) is 6.61 Å². The van der Waals surface area contributed by atoms with Crippen molar-refractivity contribution in [1.29, 1.82) is 0 Å². The SMILES string of the molecule is NC1C2CCOC2C1N1C(=O)c2ccccc2C1=O. The van der Waals surface area contributed by atoms with E-state index in [4.69, 9.17) is 10.5 Å². The minimum Gasteiger partial charge on any atom is -0.376 e. The standard InChI is InChI=1S/C14H14N2O3/c15-10-9-5-6-19-12(9)11(10)16-13(17)7-3-1-2-4-8(7)14(16)18/h1-4,9-12H,5-6,15H2. The zero-order chi connectivity index (χ0) is 13.1. The number of amides is 2. The van der Waals surface area contributed by atoms with E-state index in [1.54, 1.807) is 24.3 Å². The first-order valence-corrected chi connectivity index (χ1v) is 6.54. The summed E-state index contributed by atoms with van der Waals surface area (Å²) in [6, 6.07) is 6.45. The van der Waals surface area contributed by atoms with Crippen molar-refractivity contribution in [3.8, 4) is 0 Å². The Hall–Kier alpha value is -1.72. The van der Waals surface area contributed by atoms with Crippen LogP contribution in [-0.4, -0.2) is 41.5 Å². The summed E-state index contributed by atoms with van der Waals surface area (Å²) in [6.45, 7) is 0.669. The molecule has 1 aromatic carbocycles. The molecule has 3 aliphatic rings. The number of benzene rings is 1. The lowest BCUT2D eigenvalue weighted by atomic mass is 9.71. The fourth-order valence-electron chi connectivity index (χ4n) is 3.52. The van der Waals surface area contributed by atoms with Gasteiger partial charge in [-0.05, 0) is 18.6 Å². The number of imide groups is 1. The van der Waals surface area contributed by atoms with Crippen LogP contribution in [0.5, 0.6) is 0 Å². The largest absolute Gasteiger partial charge is 0.376 e. The van der Waals surface area contributed by atoms with Crippen LogP contribution in [0.25, 0.3) is 0 Å². The summed E-state index contributed by atoms with van der Waals surface area (Å²) in [5.74, 6) is -0.195. The highest BCUT2D eigenvalue weighted by molar-refractivity contribution is 6.21. The molecule has 2 N–H and O–H groups in total. The maximum Gasteiger partial charge on any atom is 0.261 e. The Balaban J connectivity index is 1.71. The Bertz CT molecular complexity index is 551. The number of nitrogens with zero attached hydrogens (tertiary/aromatic N) is 1. The maximum atomic E-state index is 12.4. The van der Waals surface area contributed by atoms with Crippen LogP contribution in [0, 0.1) is 5.92 Å². The molecule has 4 unspecified atom stereocenters. The topological polar surface area (TPSA) is 72.6 Å². The van der Waals surface area contributed by atoms with Crippen LogP contribution in [0.2, 0.25) is 0 Å². The van der Waals surface area contributed by atoms with E-state index in [1.165, 1.54) is 4.90 Å². The van der Waals surface area contributed by atoms with Gasteiger partial charge in [0.15, 0.2) is 0 Å². The number of ether oxygens (including phenoxy) is 1. The van der Waals surface area contributed by atoms with E-state index in [-0.39, 0.29) is 35.9 Å². The molecule has 19 heavy (non-hydrogen) atoms. The monoisotopic (exact) mass is 258 g/mol. The highest BCUT2D eigenvalue weighted by Crippen LogP contribution is 2.43. The van der Waals surface area contributed by atoms with Gasteiger partial charge in [-0.15, -0.1) is 0 Å². The predicted octanol–water partition coefficient (Wildman–Crippen LogP) is 0.397. The Labute approximate surface area is 110 Å². The lowest BCUT2D eigenvalue weighted by Gasteiger charge is -2.48. The van der Waals surface area contributed by atoms with Gasteiger partial charge in [0.25, 0.3) is 11.8 Å². The first-order valence-electron chi connectivity index (χ1n) is 6.54. The Morgan fingerprint density at radius 3 is 2.42 bits per heavy atom. The Kier molecular flexibility index (Phi) is 2.14. The molecular weight excluding hydrogens is 244 g/mol. The van der Waals surface area contributed by atoms with Crippen molar-refractivity contribution in [1.82, 2.24) is 4.90 Å². The molecule has 5 heteroatoms. The molecule has 98 valence electrons. The first-order chi connectivity index (χ1) is 9.20. The summed E-state index contributed by atoms with van der Waals surface area (Å²) in [6.07, 6.45) is 0.850. The van der Waals surface area contributed by atoms with Gasteiger partial charge in [0.1, 0.15) is 0 Å². The second kappa shape index (κ2) is 3.65. The van der Waals surface area contributed by atoms with Gasteiger partial charge >= 0.3 is 0 Å². The zero-order valence-electron chi connectivity index (χ0n) is 10.3. The number of nitrogens with two attached hydrogens (primary N) is 1. The molecule has 1 aromatic rings. The van der Waals surface area contributed by atoms with Crippen LogP contribution in [0.4, 0.5) is 0 Å². The van der Waals surface area contributed by atoms with Crippen molar-refractivity contribution in [3.05, 3.63) is 35.4 Å². The van der Waals surface area contributed by atoms with E-state index in [0.717, 1.165) is 6.42 Å². The van der Waals surface area contributed by atoms with Gasteiger partial charge in [0.2, 0.25) is 0 Å². The quantitative estimate of drug-likeness (QED) is 0.740. The summed E-state index contributed by atoms with van der Waals surface area (Å²) in [4.78, 5) is 26.0. The number of fused-ring (bicyclic) bond motifs is 2. The van der Waals surface area contributed by atoms with Crippen molar-refractivity contribution in [2.24, 2.45) is 11.7 Å². The summed E-state index contributed by atoms with van der Waals surface area (Å²) in [7, 11) is 0. The average Bonchev–Trinajstić information content (AvgIpc) is 2.96. The van der Waals surface area contributed by atoms with Gasteiger partial charge < -0.3 is 10.5 Å². The lowest BCUT2D eigenvalue weighted by Crippen LogP contribution is -2.69. The molecule has 1 saturated carbocycles. The number of hydrogen-bond donors (Lipinski definition) is 1. The molecule has 0 bridgehead atoms. The number of hydrogen-bond acceptors (Lipinski definition) is 4. The minimum absolute atomic E-state index is 0.0720.